The van der Waals surface area contributed by atoms with Crippen LogP contribution < -0.4 is 14.8 Å². The Labute approximate surface area is 247 Å². The lowest BCUT2D eigenvalue weighted by Gasteiger charge is -2.37. The molecule has 1 amide bonds. The molecule has 1 aliphatic heterocycles. The summed E-state index contributed by atoms with van der Waals surface area (Å²) in [4.78, 5) is 12.4. The van der Waals surface area contributed by atoms with Crippen LogP contribution in [0.25, 0.3) is 0 Å². The summed E-state index contributed by atoms with van der Waals surface area (Å²) >= 11 is 0. The van der Waals surface area contributed by atoms with E-state index in [9.17, 15) is 9.90 Å². The molecular weight excluding hydrogens is 510 g/mol. The van der Waals surface area contributed by atoms with Crippen LogP contribution in [0.2, 0.25) is 0 Å². The average Bonchev–Trinajstić information content (AvgIpc) is 2.94. The summed E-state index contributed by atoms with van der Waals surface area (Å²) in [6.45, 7) is 13.0. The number of aromatic hydroxyl groups is 1. The third kappa shape index (κ3) is 9.55. The van der Waals surface area contributed by atoms with E-state index in [1.165, 1.54) is 11.1 Å². The summed E-state index contributed by atoms with van der Waals surface area (Å²) < 4.78 is 11.8. The second kappa shape index (κ2) is 15.0. The summed E-state index contributed by atoms with van der Waals surface area (Å²) in [6.07, 6.45) is 14.5. The second-order valence-electron chi connectivity index (χ2n) is 11.8. The van der Waals surface area contributed by atoms with Crippen LogP contribution in [0.4, 0.5) is 0 Å². The van der Waals surface area contributed by atoms with Gasteiger partial charge in [-0.25, -0.2) is 0 Å². The number of amides is 1. The Bertz CT molecular complexity index is 1300. The average molecular weight is 560 g/mol. The van der Waals surface area contributed by atoms with Crippen molar-refractivity contribution >= 4 is 5.91 Å². The SMILES string of the molecule is COc1cccc(CNC(=O)/C(C)=C/CC/C(C)=C/CC/C(C)=C/CC[C@]2(C)CCc3c(C)c(O)cc(C)c3O2)c1. The van der Waals surface area contributed by atoms with E-state index in [1.54, 1.807) is 7.11 Å². The Morgan fingerprint density at radius 2 is 1.73 bits per heavy atom. The number of nitrogens with one attached hydrogen (secondary N) is 1. The number of ether oxygens (including phenoxy) is 2. The number of carbonyl (C=O) groups excluding carboxylic acids is 1. The van der Waals surface area contributed by atoms with E-state index < -0.39 is 0 Å². The van der Waals surface area contributed by atoms with Gasteiger partial charge in [0, 0.05) is 17.7 Å². The molecule has 2 aromatic rings. The van der Waals surface area contributed by atoms with E-state index in [0.717, 1.165) is 90.7 Å². The minimum absolute atomic E-state index is 0.0311. The minimum atomic E-state index is -0.175. The molecule has 2 N–H and O–H groups in total. The summed E-state index contributed by atoms with van der Waals surface area (Å²) in [5.41, 5.74) is 7.49. The Hall–Kier alpha value is -3.47. The largest absolute Gasteiger partial charge is 0.508 e. The van der Waals surface area contributed by atoms with Gasteiger partial charge in [-0.1, -0.05) is 41.5 Å². The van der Waals surface area contributed by atoms with Crippen molar-refractivity contribution in [2.75, 3.05) is 7.11 Å². The fourth-order valence-corrected chi connectivity index (χ4v) is 5.34. The molecule has 0 aliphatic carbocycles. The first kappa shape index (κ1) is 32.0. The van der Waals surface area contributed by atoms with E-state index >= 15 is 0 Å². The van der Waals surface area contributed by atoms with Gasteiger partial charge in [0.2, 0.25) is 5.91 Å². The Balaban J connectivity index is 1.37. The normalized spacial score (nSPS) is 17.6. The van der Waals surface area contributed by atoms with Crippen molar-refractivity contribution in [1.29, 1.82) is 0 Å². The molecule has 1 heterocycles. The van der Waals surface area contributed by atoms with Gasteiger partial charge in [-0.05, 0) is 128 Å². The maximum Gasteiger partial charge on any atom is 0.246 e. The molecule has 3 rings (SSSR count). The molecule has 1 aliphatic rings. The molecule has 1 atom stereocenters. The first-order valence-corrected chi connectivity index (χ1v) is 14.9. The van der Waals surface area contributed by atoms with Gasteiger partial charge in [0.1, 0.15) is 22.8 Å². The summed E-state index contributed by atoms with van der Waals surface area (Å²) in [7, 11) is 1.64. The van der Waals surface area contributed by atoms with Crippen LogP contribution in [0, 0.1) is 13.8 Å². The molecule has 222 valence electrons. The standard InChI is InChI=1S/C36H49NO4/c1-25(14-9-16-27(3)35(39)37-24-30-17-10-18-31(23-30)40-7)12-8-13-26(2)15-11-20-36(6)21-19-32-29(5)33(38)22-28(4)34(32)41-36/h10,12,15-18,22-23,38H,8-9,11,13-14,19-21,24H2,1-7H3,(H,37,39)/b25-12+,26-15+,27-16+/t36-/m1/s1. The number of allylic oxidation sites excluding steroid dienone is 5. The van der Waals surface area contributed by atoms with Crippen LogP contribution in [0.5, 0.6) is 17.2 Å². The number of hydrogen-bond donors (Lipinski definition) is 2. The van der Waals surface area contributed by atoms with E-state index in [4.69, 9.17) is 9.47 Å². The summed E-state index contributed by atoms with van der Waals surface area (Å²) in [6, 6.07) is 9.55. The van der Waals surface area contributed by atoms with Crippen LogP contribution in [-0.2, 0) is 17.8 Å². The van der Waals surface area contributed by atoms with Crippen LogP contribution in [0.1, 0.15) is 94.9 Å². The Morgan fingerprint density at radius 1 is 1.05 bits per heavy atom. The molecule has 0 aromatic heterocycles. The zero-order valence-electron chi connectivity index (χ0n) is 26.2. The van der Waals surface area contributed by atoms with Crippen LogP contribution in [0.3, 0.4) is 0 Å². The number of aryl methyl sites for hydroxylation is 1. The van der Waals surface area contributed by atoms with Gasteiger partial charge in [0.05, 0.1) is 7.11 Å². The number of hydrogen-bond acceptors (Lipinski definition) is 4. The molecule has 5 heteroatoms. The molecule has 0 bridgehead atoms. The molecule has 0 unspecified atom stereocenters. The number of phenolic OH excluding ortho intramolecular Hbond substituents is 1. The third-order valence-electron chi connectivity index (χ3n) is 8.21. The van der Waals surface area contributed by atoms with Crippen LogP contribution in [0.15, 0.2) is 65.3 Å². The molecule has 0 fully saturated rings. The Morgan fingerprint density at radius 3 is 2.44 bits per heavy atom. The van der Waals surface area contributed by atoms with Crippen molar-refractivity contribution in [1.82, 2.24) is 5.32 Å². The van der Waals surface area contributed by atoms with Crippen molar-refractivity contribution in [2.45, 2.75) is 105 Å². The fourth-order valence-electron chi connectivity index (χ4n) is 5.34. The Kier molecular flexibility index (Phi) is 11.7. The van der Waals surface area contributed by atoms with Gasteiger partial charge in [0.25, 0.3) is 0 Å². The van der Waals surface area contributed by atoms with Gasteiger partial charge in [-0.15, -0.1) is 0 Å². The van der Waals surface area contributed by atoms with E-state index in [2.05, 4.69) is 38.2 Å². The molecule has 0 radical (unpaired) electrons. The lowest BCUT2D eigenvalue weighted by atomic mass is 9.86. The molecule has 0 saturated heterocycles. The smallest absolute Gasteiger partial charge is 0.246 e. The second-order valence-corrected chi connectivity index (χ2v) is 11.8. The van der Waals surface area contributed by atoms with Crippen molar-refractivity contribution in [3.05, 3.63) is 87.5 Å². The number of fused-ring (bicyclic) bond motifs is 1. The monoisotopic (exact) mass is 559 g/mol. The first-order valence-electron chi connectivity index (χ1n) is 14.9. The molecule has 0 spiro atoms. The number of rotatable bonds is 13. The predicted octanol–water partition coefficient (Wildman–Crippen LogP) is 8.60. The number of benzene rings is 2. The van der Waals surface area contributed by atoms with Gasteiger partial charge in [-0.2, -0.15) is 0 Å². The molecule has 5 nitrogen and oxygen atoms in total. The van der Waals surface area contributed by atoms with Gasteiger partial charge in [0.15, 0.2) is 0 Å². The quantitative estimate of drug-likeness (QED) is 0.190. The highest BCUT2D eigenvalue weighted by Crippen LogP contribution is 2.42. The molecule has 2 aromatic carbocycles. The number of methoxy groups -OCH3 is 1. The van der Waals surface area contributed by atoms with E-state index in [1.807, 2.05) is 57.2 Å². The highest BCUT2D eigenvalue weighted by atomic mass is 16.5. The zero-order valence-corrected chi connectivity index (χ0v) is 26.2. The van der Waals surface area contributed by atoms with Gasteiger partial charge in [-0.3, -0.25) is 4.79 Å². The highest BCUT2D eigenvalue weighted by Gasteiger charge is 2.33. The topological polar surface area (TPSA) is 67.8 Å². The maximum atomic E-state index is 12.4. The first-order chi connectivity index (χ1) is 19.5. The maximum absolute atomic E-state index is 12.4. The van der Waals surface area contributed by atoms with Crippen molar-refractivity contribution < 1.29 is 19.4 Å². The van der Waals surface area contributed by atoms with E-state index in [0.29, 0.717) is 12.3 Å². The van der Waals surface area contributed by atoms with Crippen LogP contribution >= 0.6 is 0 Å². The van der Waals surface area contributed by atoms with Gasteiger partial charge < -0.3 is 19.9 Å². The summed E-state index contributed by atoms with van der Waals surface area (Å²) in [5.74, 6) is 2.09. The van der Waals surface area contributed by atoms with Crippen molar-refractivity contribution in [2.24, 2.45) is 0 Å². The summed E-state index contributed by atoms with van der Waals surface area (Å²) in [5, 5.41) is 13.1. The molecule has 0 saturated carbocycles. The highest BCUT2D eigenvalue weighted by molar-refractivity contribution is 5.92. The van der Waals surface area contributed by atoms with Crippen LogP contribution in [-0.4, -0.2) is 23.7 Å². The molecular formula is C36H49NO4. The number of carbonyl (C=O) groups is 1. The van der Waals surface area contributed by atoms with E-state index in [-0.39, 0.29) is 11.5 Å². The third-order valence-corrected chi connectivity index (χ3v) is 8.21. The van der Waals surface area contributed by atoms with Crippen molar-refractivity contribution in [3.8, 4) is 17.2 Å². The fraction of sp³-hybridized carbons (Fsp3) is 0.472. The zero-order chi connectivity index (χ0) is 30.0. The number of phenols is 1. The van der Waals surface area contributed by atoms with Gasteiger partial charge >= 0.3 is 0 Å². The lowest BCUT2D eigenvalue weighted by molar-refractivity contribution is -0.117. The predicted molar refractivity (Wildman–Crippen MR) is 169 cm³/mol. The van der Waals surface area contributed by atoms with Crippen molar-refractivity contribution in [3.63, 3.8) is 0 Å². The molecule has 41 heavy (non-hydrogen) atoms. The minimum Gasteiger partial charge on any atom is -0.508 e. The lowest BCUT2D eigenvalue weighted by Crippen LogP contribution is -2.36.